The summed E-state index contributed by atoms with van der Waals surface area (Å²) in [5.41, 5.74) is 15.6. The molecule has 2 aliphatic rings. The zero-order valence-corrected chi connectivity index (χ0v) is 25.3. The molecule has 0 aliphatic heterocycles. The molecule has 216 valence electrons. The highest BCUT2D eigenvalue weighted by Crippen LogP contribution is 2.44. The molecule has 2 aliphatic carbocycles. The highest BCUT2D eigenvalue weighted by Gasteiger charge is 2.23. The first-order valence-corrected chi connectivity index (χ1v) is 16.0. The van der Waals surface area contributed by atoms with Crippen molar-refractivity contribution >= 4 is 11.4 Å². The first-order valence-electron chi connectivity index (χ1n) is 16.0. The predicted octanol–water partition coefficient (Wildman–Crippen LogP) is 11.6. The molecule has 0 fully saturated rings. The van der Waals surface area contributed by atoms with Gasteiger partial charge in [0.25, 0.3) is 0 Å². The van der Waals surface area contributed by atoms with E-state index in [4.69, 9.17) is 0 Å². The molecule has 45 heavy (non-hydrogen) atoms. The fraction of sp³-hybridized carbons (Fsp3) is 0.0909. The van der Waals surface area contributed by atoms with E-state index in [2.05, 4.69) is 175 Å². The van der Waals surface area contributed by atoms with Crippen molar-refractivity contribution in [2.24, 2.45) is 0 Å². The minimum absolute atomic E-state index is 0.393. The molecule has 0 heterocycles. The molecular formula is C44H35N. The highest BCUT2D eigenvalue weighted by molar-refractivity contribution is 5.91. The van der Waals surface area contributed by atoms with Gasteiger partial charge < -0.3 is 4.90 Å². The molecular weight excluding hydrogens is 542 g/mol. The summed E-state index contributed by atoms with van der Waals surface area (Å²) < 4.78 is 0. The SMILES string of the molecule is C1=CC(c2ccccc2)CC=C1N(c1ccccc1)c1ccc(-c2cccc3c2CCc2ccccc2-3)c(-c2ccccc2)c1. The van der Waals surface area contributed by atoms with Gasteiger partial charge in [0.2, 0.25) is 0 Å². The van der Waals surface area contributed by atoms with Crippen molar-refractivity contribution in [3.8, 4) is 33.4 Å². The van der Waals surface area contributed by atoms with Gasteiger partial charge in [0.15, 0.2) is 0 Å². The predicted molar refractivity (Wildman–Crippen MR) is 190 cm³/mol. The number of hydrogen-bond donors (Lipinski definition) is 0. The van der Waals surface area contributed by atoms with Crippen LogP contribution in [0.4, 0.5) is 11.4 Å². The van der Waals surface area contributed by atoms with Gasteiger partial charge in [-0.05, 0) is 99.7 Å². The molecule has 0 aromatic heterocycles. The summed E-state index contributed by atoms with van der Waals surface area (Å²) in [5.74, 6) is 0.393. The first kappa shape index (κ1) is 27.2. The Labute approximate surface area is 266 Å². The van der Waals surface area contributed by atoms with Gasteiger partial charge in [-0.3, -0.25) is 0 Å². The standard InChI is InChI=1S/C44H35N/c1-4-13-32(14-5-1)33-23-26-37(27-24-33)45(36-18-8-3-9-19-36)38-28-30-43(44(31-38)34-15-6-2-7-16-34)41-22-12-21-40-39-20-11-10-17-35(39)25-29-42(40)41/h1-23,26-28,30-31,33H,24-25,29H2. The lowest BCUT2D eigenvalue weighted by molar-refractivity contribution is 0.840. The minimum atomic E-state index is 0.393. The van der Waals surface area contributed by atoms with E-state index in [0.29, 0.717) is 5.92 Å². The molecule has 1 atom stereocenters. The maximum Gasteiger partial charge on any atom is 0.0468 e. The van der Waals surface area contributed by atoms with Crippen LogP contribution in [0.25, 0.3) is 33.4 Å². The number of rotatable bonds is 6. The number of nitrogens with zero attached hydrogens (tertiary/aromatic N) is 1. The van der Waals surface area contributed by atoms with Gasteiger partial charge in [-0.25, -0.2) is 0 Å². The van der Waals surface area contributed by atoms with E-state index < -0.39 is 0 Å². The molecule has 0 spiro atoms. The Morgan fingerprint density at radius 1 is 0.489 bits per heavy atom. The van der Waals surface area contributed by atoms with Crippen LogP contribution in [0.3, 0.4) is 0 Å². The molecule has 6 aromatic rings. The van der Waals surface area contributed by atoms with Crippen molar-refractivity contribution < 1.29 is 0 Å². The van der Waals surface area contributed by atoms with E-state index >= 15 is 0 Å². The maximum absolute atomic E-state index is 2.41. The van der Waals surface area contributed by atoms with Crippen molar-refractivity contribution in [2.45, 2.75) is 25.2 Å². The largest absolute Gasteiger partial charge is 0.311 e. The molecule has 0 radical (unpaired) electrons. The molecule has 0 saturated carbocycles. The maximum atomic E-state index is 2.41. The van der Waals surface area contributed by atoms with Crippen LogP contribution >= 0.6 is 0 Å². The summed E-state index contributed by atoms with van der Waals surface area (Å²) >= 11 is 0. The van der Waals surface area contributed by atoms with E-state index in [1.807, 2.05) is 0 Å². The Hall–Kier alpha value is -5.40. The third-order valence-electron chi connectivity index (χ3n) is 9.34. The average Bonchev–Trinajstić information content (AvgIpc) is 3.13. The lowest BCUT2D eigenvalue weighted by Gasteiger charge is -2.30. The molecule has 1 unspecified atom stereocenters. The van der Waals surface area contributed by atoms with Crippen LogP contribution < -0.4 is 4.90 Å². The normalized spacial score (nSPS) is 15.1. The van der Waals surface area contributed by atoms with Crippen LogP contribution in [0.15, 0.2) is 176 Å². The molecule has 1 heteroatoms. The second kappa shape index (κ2) is 11.9. The molecule has 0 N–H and O–H groups in total. The summed E-state index contributed by atoms with van der Waals surface area (Å²) in [6.07, 6.45) is 10.2. The van der Waals surface area contributed by atoms with Gasteiger partial charge in [0.05, 0.1) is 0 Å². The molecule has 8 rings (SSSR count). The second-order valence-electron chi connectivity index (χ2n) is 12.0. The van der Waals surface area contributed by atoms with Crippen LogP contribution in [0.2, 0.25) is 0 Å². The number of benzene rings is 6. The average molecular weight is 578 g/mol. The number of hydrogen-bond acceptors (Lipinski definition) is 1. The highest BCUT2D eigenvalue weighted by atomic mass is 15.1. The van der Waals surface area contributed by atoms with Crippen molar-refractivity contribution in [3.05, 3.63) is 192 Å². The number of aryl methyl sites for hydroxylation is 1. The van der Waals surface area contributed by atoms with Crippen molar-refractivity contribution in [2.75, 3.05) is 4.90 Å². The Morgan fingerprint density at radius 3 is 1.91 bits per heavy atom. The van der Waals surface area contributed by atoms with Crippen molar-refractivity contribution in [1.29, 1.82) is 0 Å². The molecule has 0 amide bonds. The van der Waals surface area contributed by atoms with E-state index in [0.717, 1.165) is 30.6 Å². The van der Waals surface area contributed by atoms with Crippen LogP contribution in [0, 0.1) is 0 Å². The fourth-order valence-corrected chi connectivity index (χ4v) is 7.13. The minimum Gasteiger partial charge on any atom is -0.311 e. The summed E-state index contributed by atoms with van der Waals surface area (Å²) in [6.45, 7) is 0. The molecule has 0 bridgehead atoms. The fourth-order valence-electron chi connectivity index (χ4n) is 7.13. The zero-order chi connectivity index (χ0) is 30.0. The van der Waals surface area contributed by atoms with Crippen molar-refractivity contribution in [1.82, 2.24) is 0 Å². The number of anilines is 2. The molecule has 6 aromatic carbocycles. The van der Waals surface area contributed by atoms with Gasteiger partial charge >= 0.3 is 0 Å². The molecule has 1 nitrogen and oxygen atoms in total. The van der Waals surface area contributed by atoms with E-state index in [1.165, 1.54) is 55.8 Å². The number of fused-ring (bicyclic) bond motifs is 3. The lowest BCUT2D eigenvalue weighted by Crippen LogP contribution is -2.17. The van der Waals surface area contributed by atoms with Crippen LogP contribution in [-0.4, -0.2) is 0 Å². The number of para-hydroxylation sites is 1. The van der Waals surface area contributed by atoms with Gasteiger partial charge in [0.1, 0.15) is 0 Å². The van der Waals surface area contributed by atoms with E-state index in [1.54, 1.807) is 0 Å². The Balaban J connectivity index is 1.26. The summed E-state index contributed by atoms with van der Waals surface area (Å²) in [5, 5.41) is 0. The summed E-state index contributed by atoms with van der Waals surface area (Å²) in [7, 11) is 0. The van der Waals surface area contributed by atoms with Gasteiger partial charge in [-0.15, -0.1) is 0 Å². The Bertz CT molecular complexity index is 2020. The van der Waals surface area contributed by atoms with E-state index in [9.17, 15) is 0 Å². The topological polar surface area (TPSA) is 3.24 Å². The third-order valence-corrected chi connectivity index (χ3v) is 9.34. The van der Waals surface area contributed by atoms with Gasteiger partial charge in [-0.2, -0.15) is 0 Å². The van der Waals surface area contributed by atoms with Gasteiger partial charge in [0, 0.05) is 23.0 Å². The first-order chi connectivity index (χ1) is 22.3. The van der Waals surface area contributed by atoms with Crippen LogP contribution in [-0.2, 0) is 12.8 Å². The second-order valence-corrected chi connectivity index (χ2v) is 12.0. The van der Waals surface area contributed by atoms with E-state index in [-0.39, 0.29) is 0 Å². The summed E-state index contributed by atoms with van der Waals surface area (Å²) in [4.78, 5) is 2.41. The van der Waals surface area contributed by atoms with Gasteiger partial charge in [-0.1, -0.05) is 140 Å². The monoisotopic (exact) mass is 577 g/mol. The van der Waals surface area contributed by atoms with Crippen LogP contribution in [0.5, 0.6) is 0 Å². The third kappa shape index (κ3) is 5.21. The number of allylic oxidation sites excluding steroid dienone is 3. The van der Waals surface area contributed by atoms with Crippen LogP contribution in [0.1, 0.15) is 29.0 Å². The zero-order valence-electron chi connectivity index (χ0n) is 25.3. The summed E-state index contributed by atoms with van der Waals surface area (Å²) in [6, 6.07) is 55.3. The lowest BCUT2D eigenvalue weighted by atomic mass is 9.80. The quantitative estimate of drug-likeness (QED) is 0.190. The molecule has 0 saturated heterocycles. The van der Waals surface area contributed by atoms with Crippen molar-refractivity contribution in [3.63, 3.8) is 0 Å². The Morgan fingerprint density at radius 2 is 1.16 bits per heavy atom. The Kier molecular flexibility index (Phi) is 7.21. The smallest absolute Gasteiger partial charge is 0.0468 e.